The second-order valence-corrected chi connectivity index (χ2v) is 10.7. The van der Waals surface area contributed by atoms with E-state index in [2.05, 4.69) is 10.3 Å². The van der Waals surface area contributed by atoms with Gasteiger partial charge in [0, 0.05) is 22.0 Å². The van der Waals surface area contributed by atoms with E-state index in [0.29, 0.717) is 47.5 Å². The molecule has 7 nitrogen and oxygen atoms in total. The molecule has 2 aliphatic rings. The summed E-state index contributed by atoms with van der Waals surface area (Å²) in [5.74, 6) is 0.594. The van der Waals surface area contributed by atoms with Crippen LogP contribution in [0.4, 0.5) is 9.52 Å². The average Bonchev–Trinajstić information content (AvgIpc) is 3.31. The van der Waals surface area contributed by atoms with Crippen molar-refractivity contribution >= 4 is 34.0 Å². The zero-order valence-corrected chi connectivity index (χ0v) is 21.1. The number of hydrogen-bond donors (Lipinski definition) is 3. The van der Waals surface area contributed by atoms with Crippen LogP contribution in [0.3, 0.4) is 0 Å². The maximum atomic E-state index is 13.7. The molecule has 36 heavy (non-hydrogen) atoms. The highest BCUT2D eigenvalue weighted by molar-refractivity contribution is 7.15. The van der Waals surface area contributed by atoms with E-state index in [4.69, 9.17) is 26.8 Å². The number of amides is 1. The van der Waals surface area contributed by atoms with Crippen LogP contribution >= 0.6 is 22.9 Å². The Morgan fingerprint density at radius 2 is 2.00 bits per heavy atom. The molecule has 5 rings (SSSR count). The fraction of sp³-hybridized carbons (Fsp3) is 0.385. The molecule has 2 atom stereocenters. The SMILES string of the molecule is NCC[C@@H](O)CC[C@H](c1cnc(NC(=O)C2(c3ccc4c(c3)OCO4)CC2)s1)c1ccc(F)cc1Cl. The fourth-order valence-corrected chi connectivity index (χ4v) is 5.88. The first-order valence-electron chi connectivity index (χ1n) is 11.9. The molecule has 190 valence electrons. The lowest BCUT2D eigenvalue weighted by atomic mass is 9.91. The summed E-state index contributed by atoms with van der Waals surface area (Å²) in [6, 6.07) is 9.94. The largest absolute Gasteiger partial charge is 0.454 e. The minimum absolute atomic E-state index is 0.114. The monoisotopic (exact) mass is 531 g/mol. The van der Waals surface area contributed by atoms with Crippen molar-refractivity contribution in [1.82, 2.24) is 4.98 Å². The molecule has 10 heteroatoms. The van der Waals surface area contributed by atoms with Gasteiger partial charge in [0.25, 0.3) is 0 Å². The Bertz CT molecular complexity index is 1270. The van der Waals surface area contributed by atoms with Crippen LogP contribution in [-0.4, -0.2) is 35.4 Å². The summed E-state index contributed by atoms with van der Waals surface area (Å²) in [5, 5.41) is 14.0. The number of hydrogen-bond acceptors (Lipinski definition) is 7. The van der Waals surface area contributed by atoms with Crippen molar-refractivity contribution in [3.05, 3.63) is 69.4 Å². The number of ether oxygens (including phenoxy) is 2. The lowest BCUT2D eigenvalue weighted by Gasteiger charge is -2.19. The highest BCUT2D eigenvalue weighted by atomic mass is 35.5. The Labute approximate surface area is 217 Å². The van der Waals surface area contributed by atoms with Gasteiger partial charge in [0.2, 0.25) is 12.7 Å². The van der Waals surface area contributed by atoms with Crippen LogP contribution in [0.25, 0.3) is 0 Å². The third kappa shape index (κ3) is 5.06. The zero-order chi connectivity index (χ0) is 25.3. The lowest BCUT2D eigenvalue weighted by molar-refractivity contribution is -0.118. The maximum absolute atomic E-state index is 13.7. The first kappa shape index (κ1) is 25.0. The molecule has 1 aliphatic carbocycles. The molecule has 2 aromatic carbocycles. The Balaban J connectivity index is 1.34. The number of aliphatic hydroxyl groups excluding tert-OH is 1. The quantitative estimate of drug-likeness (QED) is 0.341. The van der Waals surface area contributed by atoms with Gasteiger partial charge in [0.15, 0.2) is 16.6 Å². The molecular weight excluding hydrogens is 505 g/mol. The lowest BCUT2D eigenvalue weighted by Crippen LogP contribution is -2.27. The number of nitrogens with two attached hydrogens (primary N) is 1. The van der Waals surface area contributed by atoms with Gasteiger partial charge in [-0.15, -0.1) is 11.3 Å². The molecule has 0 saturated heterocycles. The summed E-state index contributed by atoms with van der Waals surface area (Å²) >= 11 is 7.75. The third-order valence-corrected chi connectivity index (χ3v) is 8.18. The number of carbonyl (C=O) groups excluding carboxylic acids is 1. The highest BCUT2D eigenvalue weighted by Gasteiger charge is 2.52. The summed E-state index contributed by atoms with van der Waals surface area (Å²) in [4.78, 5) is 18.6. The Kier molecular flexibility index (Phi) is 7.16. The number of nitrogens with zero attached hydrogens (tertiary/aromatic N) is 1. The fourth-order valence-electron chi connectivity index (χ4n) is 4.62. The molecule has 0 radical (unpaired) electrons. The van der Waals surface area contributed by atoms with Gasteiger partial charge in [-0.3, -0.25) is 4.79 Å². The molecule has 1 fully saturated rings. The van der Waals surface area contributed by atoms with Crippen LogP contribution < -0.4 is 20.5 Å². The number of halogens is 2. The van der Waals surface area contributed by atoms with Crippen LogP contribution in [0.2, 0.25) is 5.02 Å². The van der Waals surface area contributed by atoms with Crippen molar-refractivity contribution in [1.29, 1.82) is 0 Å². The normalized spacial score (nSPS) is 17.0. The molecule has 2 heterocycles. The third-order valence-electron chi connectivity index (χ3n) is 6.82. The molecule has 4 N–H and O–H groups in total. The first-order valence-corrected chi connectivity index (χ1v) is 13.1. The maximum Gasteiger partial charge on any atom is 0.236 e. The van der Waals surface area contributed by atoms with Crippen molar-refractivity contribution in [2.75, 3.05) is 18.7 Å². The summed E-state index contributed by atoms with van der Waals surface area (Å²) < 4.78 is 24.6. The Morgan fingerprint density at radius 1 is 1.19 bits per heavy atom. The first-order chi connectivity index (χ1) is 17.4. The van der Waals surface area contributed by atoms with Crippen LogP contribution in [-0.2, 0) is 10.2 Å². The molecule has 0 spiro atoms. The van der Waals surface area contributed by atoms with Gasteiger partial charge in [-0.1, -0.05) is 23.7 Å². The second kappa shape index (κ2) is 10.3. The smallest absolute Gasteiger partial charge is 0.236 e. The number of fused-ring (bicyclic) bond motifs is 1. The van der Waals surface area contributed by atoms with Crippen LogP contribution in [0, 0.1) is 5.82 Å². The predicted octanol–water partition coefficient (Wildman–Crippen LogP) is 4.96. The molecule has 1 amide bonds. The summed E-state index contributed by atoms with van der Waals surface area (Å²) in [5.41, 5.74) is 6.60. The summed E-state index contributed by atoms with van der Waals surface area (Å²) in [7, 11) is 0. The number of anilines is 1. The molecule has 1 aromatic heterocycles. The highest BCUT2D eigenvalue weighted by Crippen LogP contribution is 2.51. The minimum Gasteiger partial charge on any atom is -0.454 e. The number of aromatic nitrogens is 1. The molecule has 1 aliphatic heterocycles. The van der Waals surface area contributed by atoms with Crippen molar-refractivity contribution in [2.24, 2.45) is 5.73 Å². The molecule has 0 bridgehead atoms. The van der Waals surface area contributed by atoms with Crippen molar-refractivity contribution in [2.45, 2.75) is 49.5 Å². The standard InChI is InChI=1S/C26H27ClFN3O4S/c27-20-12-16(28)2-4-18(20)19(5-3-17(32)7-10-29)23-13-30-25(36-23)31-24(33)26(8-9-26)15-1-6-21-22(11-15)35-14-34-21/h1-2,4,6,11-13,17,19,32H,3,5,7-10,14,29H2,(H,30,31,33)/t17-,19-/m0/s1. The van der Waals surface area contributed by atoms with Crippen LogP contribution in [0.5, 0.6) is 11.5 Å². The summed E-state index contributed by atoms with van der Waals surface area (Å²) in [6.07, 6.45) is 4.22. The van der Waals surface area contributed by atoms with Gasteiger partial charge in [-0.05, 0) is 74.0 Å². The van der Waals surface area contributed by atoms with Gasteiger partial charge < -0.3 is 25.6 Å². The van der Waals surface area contributed by atoms with Crippen molar-refractivity contribution < 1.29 is 23.8 Å². The molecular formula is C26H27ClFN3O4S. The van der Waals surface area contributed by atoms with Gasteiger partial charge in [0.05, 0.1) is 11.5 Å². The van der Waals surface area contributed by atoms with E-state index in [-0.39, 0.29) is 18.6 Å². The van der Waals surface area contributed by atoms with Crippen molar-refractivity contribution in [3.63, 3.8) is 0 Å². The van der Waals surface area contributed by atoms with Gasteiger partial charge >= 0.3 is 0 Å². The van der Waals surface area contributed by atoms with E-state index in [9.17, 15) is 14.3 Å². The number of thiazole rings is 1. The van der Waals surface area contributed by atoms with E-state index in [0.717, 1.165) is 28.8 Å². The van der Waals surface area contributed by atoms with E-state index in [1.54, 1.807) is 12.3 Å². The van der Waals surface area contributed by atoms with Gasteiger partial charge in [-0.2, -0.15) is 0 Å². The van der Waals surface area contributed by atoms with E-state index >= 15 is 0 Å². The Morgan fingerprint density at radius 3 is 2.75 bits per heavy atom. The Hall–Kier alpha value is -2.72. The molecule has 0 unspecified atom stereocenters. The van der Waals surface area contributed by atoms with Crippen molar-refractivity contribution in [3.8, 4) is 11.5 Å². The predicted molar refractivity (Wildman–Crippen MR) is 136 cm³/mol. The van der Waals surface area contributed by atoms with E-state index < -0.39 is 17.3 Å². The van der Waals surface area contributed by atoms with E-state index in [1.165, 1.54) is 23.5 Å². The zero-order valence-electron chi connectivity index (χ0n) is 19.5. The minimum atomic E-state index is -0.612. The number of benzene rings is 2. The molecule has 3 aromatic rings. The summed E-state index contributed by atoms with van der Waals surface area (Å²) in [6.45, 7) is 0.577. The number of nitrogens with one attached hydrogen (secondary N) is 1. The number of aliphatic hydroxyl groups is 1. The number of rotatable bonds is 10. The number of carbonyl (C=O) groups is 1. The van der Waals surface area contributed by atoms with E-state index in [1.807, 2.05) is 18.2 Å². The van der Waals surface area contributed by atoms with Crippen LogP contribution in [0.15, 0.2) is 42.6 Å². The van der Waals surface area contributed by atoms with Gasteiger partial charge in [-0.25, -0.2) is 9.37 Å². The average molecular weight is 532 g/mol. The second-order valence-electron chi connectivity index (χ2n) is 9.20. The van der Waals surface area contributed by atoms with Crippen LogP contribution in [0.1, 0.15) is 54.0 Å². The topological polar surface area (TPSA) is 107 Å². The van der Waals surface area contributed by atoms with Gasteiger partial charge in [0.1, 0.15) is 5.82 Å². The molecule has 1 saturated carbocycles.